The summed E-state index contributed by atoms with van der Waals surface area (Å²) < 4.78 is 25.5. The van der Waals surface area contributed by atoms with Crippen LogP contribution in [0.4, 0.5) is 8.78 Å². The fourth-order valence-corrected chi connectivity index (χ4v) is 1.47. The Kier molecular flexibility index (Phi) is 3.69. The lowest BCUT2D eigenvalue weighted by Crippen LogP contribution is -2.09. The molecule has 0 aliphatic carbocycles. The average Bonchev–Trinajstić information content (AvgIpc) is 2.18. The van der Waals surface area contributed by atoms with Gasteiger partial charge in [0.2, 0.25) is 0 Å². The molecule has 0 fully saturated rings. The van der Waals surface area contributed by atoms with Crippen molar-refractivity contribution in [2.24, 2.45) is 5.73 Å². The summed E-state index contributed by atoms with van der Waals surface area (Å²) in [5, 5.41) is 8.57. The summed E-state index contributed by atoms with van der Waals surface area (Å²) in [7, 11) is 0. The highest BCUT2D eigenvalue weighted by molar-refractivity contribution is 5.38. The van der Waals surface area contributed by atoms with Crippen LogP contribution in [0.3, 0.4) is 0 Å². The lowest BCUT2D eigenvalue weighted by atomic mass is 10.00. The van der Waals surface area contributed by atoms with E-state index in [1.165, 1.54) is 6.20 Å². The van der Waals surface area contributed by atoms with E-state index in [2.05, 4.69) is 4.98 Å². The van der Waals surface area contributed by atoms with Crippen molar-refractivity contribution in [2.45, 2.75) is 26.3 Å². The fraction of sp³-hybridized carbons (Fsp3) is 0.400. The minimum atomic E-state index is -2.60. The van der Waals surface area contributed by atoms with Gasteiger partial charge in [0.25, 0.3) is 6.43 Å². The highest BCUT2D eigenvalue weighted by Crippen LogP contribution is 2.27. The predicted molar refractivity (Wildman–Crippen MR) is 51.1 cm³/mol. The van der Waals surface area contributed by atoms with Crippen molar-refractivity contribution in [1.82, 2.24) is 4.98 Å². The number of nitrogens with zero attached hydrogens (tertiary/aromatic N) is 2. The summed E-state index contributed by atoms with van der Waals surface area (Å²) in [5.41, 5.74) is 6.32. The largest absolute Gasteiger partial charge is 0.325 e. The van der Waals surface area contributed by atoms with Crippen LogP contribution in [0.25, 0.3) is 0 Å². The molecule has 1 aromatic heterocycles. The first-order valence-corrected chi connectivity index (χ1v) is 4.44. The SMILES string of the molecule is Cc1cnc(CN)c(CC#N)c1C(F)F. The second-order valence-electron chi connectivity index (χ2n) is 3.12. The molecule has 0 saturated heterocycles. The fourth-order valence-electron chi connectivity index (χ4n) is 1.47. The molecule has 0 radical (unpaired) electrons. The van der Waals surface area contributed by atoms with Crippen molar-refractivity contribution < 1.29 is 8.78 Å². The molecule has 0 atom stereocenters. The Morgan fingerprint density at radius 2 is 2.27 bits per heavy atom. The second-order valence-corrected chi connectivity index (χ2v) is 3.12. The third-order valence-electron chi connectivity index (χ3n) is 2.18. The minimum Gasteiger partial charge on any atom is -0.325 e. The van der Waals surface area contributed by atoms with E-state index in [1.807, 2.05) is 6.07 Å². The van der Waals surface area contributed by atoms with Crippen LogP contribution >= 0.6 is 0 Å². The van der Waals surface area contributed by atoms with Crippen LogP contribution < -0.4 is 5.73 Å². The van der Waals surface area contributed by atoms with Gasteiger partial charge in [0.15, 0.2) is 0 Å². The maximum Gasteiger partial charge on any atom is 0.264 e. The molecule has 1 heterocycles. The summed E-state index contributed by atoms with van der Waals surface area (Å²) >= 11 is 0. The van der Waals surface area contributed by atoms with Gasteiger partial charge in [0.1, 0.15) is 0 Å². The first-order valence-electron chi connectivity index (χ1n) is 4.44. The number of rotatable bonds is 3. The first-order chi connectivity index (χ1) is 7.11. The van der Waals surface area contributed by atoms with Gasteiger partial charge in [-0.3, -0.25) is 4.98 Å². The molecule has 0 aliphatic heterocycles. The van der Waals surface area contributed by atoms with Gasteiger partial charge in [-0.15, -0.1) is 0 Å². The highest BCUT2D eigenvalue weighted by atomic mass is 19.3. The molecule has 0 aromatic carbocycles. The Hall–Kier alpha value is -1.54. The molecule has 0 bridgehead atoms. The number of nitrogens with two attached hydrogens (primary N) is 1. The standard InChI is InChI=1S/C10H11F2N3/c1-6-5-15-8(4-14)7(2-3-13)9(6)10(11)12/h5,10H,2,4,14H2,1H3. The number of pyridine rings is 1. The first kappa shape index (κ1) is 11.5. The maximum atomic E-state index is 12.8. The van der Waals surface area contributed by atoms with Gasteiger partial charge in [-0.25, -0.2) is 8.78 Å². The zero-order valence-corrected chi connectivity index (χ0v) is 8.30. The van der Waals surface area contributed by atoms with Crippen molar-refractivity contribution >= 4 is 0 Å². The number of hydrogen-bond donors (Lipinski definition) is 1. The van der Waals surface area contributed by atoms with Crippen molar-refractivity contribution in [3.05, 3.63) is 28.6 Å². The van der Waals surface area contributed by atoms with Crippen LogP contribution in [-0.4, -0.2) is 4.98 Å². The summed E-state index contributed by atoms with van der Waals surface area (Å²) in [6.45, 7) is 1.62. The summed E-state index contributed by atoms with van der Waals surface area (Å²) in [4.78, 5) is 3.95. The lowest BCUT2D eigenvalue weighted by molar-refractivity contribution is 0.149. The van der Waals surface area contributed by atoms with Crippen molar-refractivity contribution in [3.8, 4) is 6.07 Å². The van der Waals surface area contributed by atoms with Crippen molar-refractivity contribution in [2.75, 3.05) is 0 Å². The predicted octanol–water partition coefficient (Wildman–Crippen LogP) is 1.85. The summed E-state index contributed by atoms with van der Waals surface area (Å²) in [5.74, 6) is 0. The van der Waals surface area contributed by atoms with E-state index in [1.54, 1.807) is 6.92 Å². The van der Waals surface area contributed by atoms with Crippen LogP contribution in [0.5, 0.6) is 0 Å². The third kappa shape index (κ3) is 2.28. The molecule has 1 rings (SSSR count). The normalized spacial score (nSPS) is 10.4. The van der Waals surface area contributed by atoms with Gasteiger partial charge >= 0.3 is 0 Å². The van der Waals surface area contributed by atoms with Gasteiger partial charge in [-0.05, 0) is 18.1 Å². The van der Waals surface area contributed by atoms with Gasteiger partial charge in [0, 0.05) is 18.3 Å². The zero-order valence-electron chi connectivity index (χ0n) is 8.30. The third-order valence-corrected chi connectivity index (χ3v) is 2.18. The number of halogens is 2. The van der Waals surface area contributed by atoms with Gasteiger partial charge in [-0.2, -0.15) is 5.26 Å². The van der Waals surface area contributed by atoms with Crippen LogP contribution in [0.1, 0.15) is 28.8 Å². The van der Waals surface area contributed by atoms with Crippen molar-refractivity contribution in [1.29, 1.82) is 5.26 Å². The van der Waals surface area contributed by atoms with E-state index in [4.69, 9.17) is 11.0 Å². The Labute approximate surface area is 86.5 Å². The molecule has 3 nitrogen and oxygen atoms in total. The second kappa shape index (κ2) is 4.80. The topological polar surface area (TPSA) is 62.7 Å². The molecule has 0 amide bonds. The number of aromatic nitrogens is 1. The Balaban J connectivity index is 3.38. The van der Waals surface area contributed by atoms with Crippen LogP contribution in [0.15, 0.2) is 6.20 Å². The minimum absolute atomic E-state index is 0.0665. The van der Waals surface area contributed by atoms with Gasteiger partial charge in [-0.1, -0.05) is 0 Å². The van der Waals surface area contributed by atoms with Crippen LogP contribution in [-0.2, 0) is 13.0 Å². The quantitative estimate of drug-likeness (QED) is 0.829. The monoisotopic (exact) mass is 211 g/mol. The zero-order chi connectivity index (χ0) is 11.4. The number of aryl methyl sites for hydroxylation is 1. The van der Waals surface area contributed by atoms with Crippen LogP contribution in [0.2, 0.25) is 0 Å². The number of nitriles is 1. The molecular weight excluding hydrogens is 200 g/mol. The summed E-state index contributed by atoms with van der Waals surface area (Å²) in [6, 6.07) is 1.85. The molecule has 1 aromatic rings. The highest BCUT2D eigenvalue weighted by Gasteiger charge is 2.19. The lowest BCUT2D eigenvalue weighted by Gasteiger charge is -2.12. The molecule has 15 heavy (non-hydrogen) atoms. The van der Waals surface area contributed by atoms with E-state index >= 15 is 0 Å². The molecule has 2 N–H and O–H groups in total. The Bertz CT molecular complexity index is 396. The molecule has 0 spiro atoms. The van der Waals surface area contributed by atoms with Crippen LogP contribution in [0, 0.1) is 18.3 Å². The number of alkyl halides is 2. The van der Waals surface area contributed by atoms with E-state index in [0.717, 1.165) is 0 Å². The molecule has 0 aliphatic rings. The number of hydrogen-bond acceptors (Lipinski definition) is 3. The maximum absolute atomic E-state index is 12.8. The van der Waals surface area contributed by atoms with Crippen molar-refractivity contribution in [3.63, 3.8) is 0 Å². The van der Waals surface area contributed by atoms with E-state index in [9.17, 15) is 8.78 Å². The van der Waals surface area contributed by atoms with Gasteiger partial charge in [0.05, 0.1) is 18.2 Å². The molecule has 80 valence electrons. The Morgan fingerprint density at radius 3 is 2.73 bits per heavy atom. The van der Waals surface area contributed by atoms with E-state index < -0.39 is 6.43 Å². The average molecular weight is 211 g/mol. The Morgan fingerprint density at radius 1 is 1.60 bits per heavy atom. The van der Waals surface area contributed by atoms with Gasteiger partial charge < -0.3 is 5.73 Å². The smallest absolute Gasteiger partial charge is 0.264 e. The molecule has 5 heteroatoms. The molecule has 0 saturated carbocycles. The van der Waals surface area contributed by atoms with E-state index in [0.29, 0.717) is 11.3 Å². The molecule has 0 unspecified atom stereocenters. The summed E-state index contributed by atoms with van der Waals surface area (Å²) in [6.07, 6.45) is -1.31. The molecular formula is C10H11F2N3. The van der Waals surface area contributed by atoms with E-state index in [-0.39, 0.29) is 24.1 Å².